The summed E-state index contributed by atoms with van der Waals surface area (Å²) in [6.45, 7) is 2.02. The average Bonchev–Trinajstić information content (AvgIpc) is 2.33. The molecule has 0 atom stereocenters. The van der Waals surface area contributed by atoms with E-state index in [4.69, 9.17) is 10.00 Å². The highest BCUT2D eigenvalue weighted by molar-refractivity contribution is 5.30. The van der Waals surface area contributed by atoms with E-state index in [1.54, 1.807) is 6.07 Å². The Morgan fingerprint density at radius 3 is 2.65 bits per heavy atom. The van der Waals surface area contributed by atoms with Crippen LogP contribution in [0, 0.1) is 18.3 Å². The van der Waals surface area contributed by atoms with Gasteiger partial charge in [-0.1, -0.05) is 23.8 Å². The molecule has 0 amide bonds. The lowest BCUT2D eigenvalue weighted by atomic mass is 10.2. The summed E-state index contributed by atoms with van der Waals surface area (Å²) in [4.78, 5) is 4.24. The lowest BCUT2D eigenvalue weighted by molar-refractivity contribution is 0.461. The van der Waals surface area contributed by atoms with E-state index < -0.39 is 0 Å². The first kappa shape index (κ1) is 11.2. The Labute approximate surface area is 100 Å². The van der Waals surface area contributed by atoms with Gasteiger partial charge in [0.25, 0.3) is 0 Å². The van der Waals surface area contributed by atoms with Gasteiger partial charge in [0, 0.05) is 6.07 Å². The first-order chi connectivity index (χ1) is 8.28. The van der Waals surface area contributed by atoms with Crippen LogP contribution in [0.2, 0.25) is 0 Å². The summed E-state index contributed by atoms with van der Waals surface area (Å²) in [5.41, 5.74) is 1.90. The number of nitrogens with zero attached hydrogens (tertiary/aromatic N) is 2. The van der Waals surface area contributed by atoms with Gasteiger partial charge in [-0.2, -0.15) is 5.26 Å². The number of rotatable bonds is 3. The Bertz CT molecular complexity index is 541. The minimum atomic E-state index is 0.297. The molecule has 84 valence electrons. The lowest BCUT2D eigenvalue weighted by Crippen LogP contribution is -1.92. The van der Waals surface area contributed by atoms with Crippen LogP contribution in [0.3, 0.4) is 0 Å². The molecule has 0 unspecified atom stereocenters. The molecule has 0 spiro atoms. The van der Waals surface area contributed by atoms with Crippen LogP contribution in [0.25, 0.3) is 0 Å². The maximum absolute atomic E-state index is 8.60. The summed E-state index contributed by atoms with van der Waals surface area (Å²) in [7, 11) is 0. The van der Waals surface area contributed by atoms with Gasteiger partial charge in [-0.25, -0.2) is 4.98 Å². The quantitative estimate of drug-likeness (QED) is 0.803. The monoisotopic (exact) mass is 224 g/mol. The van der Waals surface area contributed by atoms with Crippen molar-refractivity contribution >= 4 is 0 Å². The number of aryl methyl sites for hydroxylation is 1. The van der Waals surface area contributed by atoms with Gasteiger partial charge < -0.3 is 4.74 Å². The predicted molar refractivity (Wildman–Crippen MR) is 64.8 cm³/mol. The van der Waals surface area contributed by atoms with E-state index in [-0.39, 0.29) is 0 Å². The maximum Gasteiger partial charge on any atom is 0.219 e. The van der Waals surface area contributed by atoms with Crippen LogP contribution in [0.5, 0.6) is 11.6 Å². The van der Waals surface area contributed by atoms with Crippen LogP contribution in [-0.2, 0) is 6.42 Å². The highest BCUT2D eigenvalue weighted by Crippen LogP contribution is 2.19. The van der Waals surface area contributed by atoms with E-state index in [1.807, 2.05) is 43.3 Å². The third-order valence-corrected chi connectivity index (χ3v) is 2.28. The molecule has 0 saturated carbocycles. The molecule has 1 heterocycles. The zero-order valence-corrected chi connectivity index (χ0v) is 9.55. The molecule has 0 fully saturated rings. The van der Waals surface area contributed by atoms with E-state index in [1.165, 1.54) is 5.56 Å². The highest BCUT2D eigenvalue weighted by atomic mass is 16.5. The van der Waals surface area contributed by atoms with E-state index >= 15 is 0 Å². The van der Waals surface area contributed by atoms with Crippen LogP contribution < -0.4 is 4.74 Å². The van der Waals surface area contributed by atoms with Crippen LogP contribution in [0.1, 0.15) is 11.3 Å². The SMILES string of the molecule is Cc1ccc(Oc2cccc(CC#N)n2)cc1. The molecule has 3 nitrogen and oxygen atoms in total. The topological polar surface area (TPSA) is 45.9 Å². The number of aromatic nitrogens is 1. The first-order valence-electron chi connectivity index (χ1n) is 5.35. The minimum absolute atomic E-state index is 0.297. The number of hydrogen-bond acceptors (Lipinski definition) is 3. The van der Waals surface area contributed by atoms with Crippen molar-refractivity contribution in [2.45, 2.75) is 13.3 Å². The molecule has 0 aliphatic heterocycles. The Morgan fingerprint density at radius 1 is 1.18 bits per heavy atom. The van der Waals surface area contributed by atoms with Gasteiger partial charge in [0.1, 0.15) is 5.75 Å². The van der Waals surface area contributed by atoms with Gasteiger partial charge in [-0.3, -0.25) is 0 Å². The van der Waals surface area contributed by atoms with Gasteiger partial charge in [-0.05, 0) is 25.1 Å². The molecule has 1 aromatic heterocycles. The smallest absolute Gasteiger partial charge is 0.219 e. The standard InChI is InChI=1S/C14H12N2O/c1-11-5-7-13(8-6-11)17-14-4-2-3-12(16-14)9-10-15/h2-8H,9H2,1H3. The van der Waals surface area contributed by atoms with E-state index in [9.17, 15) is 0 Å². The Hall–Kier alpha value is -2.34. The van der Waals surface area contributed by atoms with Crippen LogP contribution in [-0.4, -0.2) is 4.98 Å². The van der Waals surface area contributed by atoms with Crippen molar-refractivity contribution in [3.05, 3.63) is 53.7 Å². The summed E-state index contributed by atoms with van der Waals surface area (Å²) in [5.74, 6) is 1.26. The molecule has 0 aliphatic carbocycles. The predicted octanol–water partition coefficient (Wildman–Crippen LogP) is 3.25. The second-order valence-electron chi connectivity index (χ2n) is 3.72. The lowest BCUT2D eigenvalue weighted by Gasteiger charge is -2.05. The van der Waals surface area contributed by atoms with Crippen molar-refractivity contribution in [2.75, 3.05) is 0 Å². The molecule has 3 heteroatoms. The number of benzene rings is 1. The van der Waals surface area contributed by atoms with E-state index in [0.29, 0.717) is 12.3 Å². The zero-order chi connectivity index (χ0) is 12.1. The van der Waals surface area contributed by atoms with Crippen molar-refractivity contribution in [1.29, 1.82) is 5.26 Å². The third-order valence-electron chi connectivity index (χ3n) is 2.28. The molecule has 0 bridgehead atoms. The highest BCUT2D eigenvalue weighted by Gasteiger charge is 2.00. The minimum Gasteiger partial charge on any atom is -0.439 e. The second kappa shape index (κ2) is 5.13. The summed E-state index contributed by atoms with van der Waals surface area (Å²) >= 11 is 0. The van der Waals surface area contributed by atoms with E-state index in [2.05, 4.69) is 11.1 Å². The Morgan fingerprint density at radius 2 is 1.94 bits per heavy atom. The number of pyridine rings is 1. The van der Waals surface area contributed by atoms with Crippen molar-refractivity contribution in [1.82, 2.24) is 4.98 Å². The fraction of sp³-hybridized carbons (Fsp3) is 0.143. The number of hydrogen-bond donors (Lipinski definition) is 0. The average molecular weight is 224 g/mol. The van der Waals surface area contributed by atoms with Crippen LogP contribution in [0.15, 0.2) is 42.5 Å². The van der Waals surface area contributed by atoms with Crippen LogP contribution >= 0.6 is 0 Å². The molecule has 0 radical (unpaired) electrons. The van der Waals surface area contributed by atoms with Gasteiger partial charge in [-0.15, -0.1) is 0 Å². The maximum atomic E-state index is 8.60. The Kier molecular flexibility index (Phi) is 3.37. The molecule has 17 heavy (non-hydrogen) atoms. The number of ether oxygens (including phenoxy) is 1. The molecule has 0 saturated heterocycles. The van der Waals surface area contributed by atoms with Gasteiger partial charge >= 0.3 is 0 Å². The fourth-order valence-corrected chi connectivity index (χ4v) is 1.42. The van der Waals surface area contributed by atoms with Gasteiger partial charge in [0.2, 0.25) is 5.88 Å². The summed E-state index contributed by atoms with van der Waals surface area (Å²) in [6.07, 6.45) is 0.297. The summed E-state index contributed by atoms with van der Waals surface area (Å²) < 4.78 is 5.60. The molecule has 2 rings (SSSR count). The second-order valence-corrected chi connectivity index (χ2v) is 3.72. The molecule has 2 aromatic rings. The van der Waals surface area contributed by atoms with Crippen molar-refractivity contribution in [3.8, 4) is 17.7 Å². The Balaban J connectivity index is 2.16. The number of nitriles is 1. The summed E-state index contributed by atoms with van der Waals surface area (Å²) in [5, 5.41) is 8.60. The summed E-state index contributed by atoms with van der Waals surface area (Å²) in [6, 6.07) is 15.2. The molecular formula is C14H12N2O. The van der Waals surface area contributed by atoms with Crippen LogP contribution in [0.4, 0.5) is 0 Å². The van der Waals surface area contributed by atoms with Gasteiger partial charge in [0.15, 0.2) is 0 Å². The van der Waals surface area contributed by atoms with E-state index in [0.717, 1.165) is 11.4 Å². The van der Waals surface area contributed by atoms with Crippen molar-refractivity contribution < 1.29 is 4.74 Å². The largest absolute Gasteiger partial charge is 0.439 e. The fourth-order valence-electron chi connectivity index (χ4n) is 1.42. The molecule has 0 aliphatic rings. The van der Waals surface area contributed by atoms with Crippen molar-refractivity contribution in [3.63, 3.8) is 0 Å². The molecule has 0 N–H and O–H groups in total. The van der Waals surface area contributed by atoms with Crippen molar-refractivity contribution in [2.24, 2.45) is 0 Å². The zero-order valence-electron chi connectivity index (χ0n) is 9.55. The normalized spacial score (nSPS) is 9.65. The molecular weight excluding hydrogens is 212 g/mol. The van der Waals surface area contributed by atoms with Gasteiger partial charge in [0.05, 0.1) is 18.2 Å². The first-order valence-corrected chi connectivity index (χ1v) is 5.35. The third kappa shape index (κ3) is 3.05. The molecule has 1 aromatic carbocycles.